The van der Waals surface area contributed by atoms with Crippen LogP contribution in [0.3, 0.4) is 0 Å². The Balaban J connectivity index is 1.81. The second-order valence-electron chi connectivity index (χ2n) is 7.15. The number of amides is 2. The maximum Gasteiger partial charge on any atom is 0.294 e. The fraction of sp³-hybridized carbons (Fsp3) is 0.217. The lowest BCUT2D eigenvalue weighted by molar-refractivity contribution is -0.117. The number of hydrogen-bond donors (Lipinski definition) is 0. The fourth-order valence-corrected chi connectivity index (χ4v) is 4.29. The molecule has 1 aromatic heterocycles. The van der Waals surface area contributed by atoms with Gasteiger partial charge >= 0.3 is 0 Å². The van der Waals surface area contributed by atoms with Crippen molar-refractivity contribution in [3.8, 4) is 0 Å². The number of halogens is 1. The molecule has 5 nitrogen and oxygen atoms in total. The summed E-state index contributed by atoms with van der Waals surface area (Å²) in [6.45, 7) is 3.52. The molecule has 0 spiro atoms. The molecule has 0 radical (unpaired) electrons. The number of rotatable bonds is 3. The fourth-order valence-electron chi connectivity index (χ4n) is 4.06. The Morgan fingerprint density at radius 1 is 1.07 bits per heavy atom. The largest absolute Gasteiger partial charge is 0.459 e. The highest BCUT2D eigenvalue weighted by atomic mass is 35.5. The van der Waals surface area contributed by atoms with E-state index in [1.54, 1.807) is 28.0 Å². The van der Waals surface area contributed by atoms with Crippen LogP contribution in [-0.2, 0) is 4.79 Å². The van der Waals surface area contributed by atoms with E-state index in [9.17, 15) is 9.59 Å². The highest BCUT2D eigenvalue weighted by Crippen LogP contribution is 2.44. The normalized spacial score (nSPS) is 18.2. The number of furan rings is 1. The van der Waals surface area contributed by atoms with Gasteiger partial charge in [0.2, 0.25) is 5.91 Å². The van der Waals surface area contributed by atoms with Crippen molar-refractivity contribution < 1.29 is 14.0 Å². The zero-order valence-corrected chi connectivity index (χ0v) is 17.0. The molecule has 0 aliphatic carbocycles. The monoisotopic (exact) mass is 408 g/mol. The third-order valence-corrected chi connectivity index (χ3v) is 5.59. The third-order valence-electron chi connectivity index (χ3n) is 5.27. The lowest BCUT2D eigenvalue weighted by Gasteiger charge is -2.43. The predicted octanol–water partition coefficient (Wildman–Crippen LogP) is 5.47. The van der Waals surface area contributed by atoms with Crippen LogP contribution in [0, 0.1) is 0 Å². The third kappa shape index (κ3) is 3.42. The van der Waals surface area contributed by atoms with E-state index >= 15 is 0 Å². The summed E-state index contributed by atoms with van der Waals surface area (Å²) in [6.07, 6.45) is 2.07. The molecule has 29 heavy (non-hydrogen) atoms. The molecule has 2 heterocycles. The molecule has 1 aliphatic rings. The van der Waals surface area contributed by atoms with Crippen LogP contribution >= 0.6 is 11.6 Å². The molecule has 2 atom stereocenters. The van der Waals surface area contributed by atoms with Gasteiger partial charge in [-0.15, -0.1) is 0 Å². The number of hydrogen-bond acceptors (Lipinski definition) is 3. The van der Waals surface area contributed by atoms with Gasteiger partial charge in [0.25, 0.3) is 5.91 Å². The summed E-state index contributed by atoms with van der Waals surface area (Å²) in [7, 11) is 0. The van der Waals surface area contributed by atoms with E-state index < -0.39 is 0 Å². The molecule has 2 unspecified atom stereocenters. The van der Waals surface area contributed by atoms with E-state index in [2.05, 4.69) is 0 Å². The molecule has 3 aromatic rings. The first-order valence-corrected chi connectivity index (χ1v) is 9.87. The number of nitrogens with zero attached hydrogens (tertiary/aromatic N) is 2. The van der Waals surface area contributed by atoms with Gasteiger partial charge in [0.05, 0.1) is 23.0 Å². The number of benzene rings is 2. The molecule has 0 saturated heterocycles. The Morgan fingerprint density at radius 3 is 2.48 bits per heavy atom. The van der Waals surface area contributed by atoms with Gasteiger partial charge in [0.15, 0.2) is 5.76 Å². The van der Waals surface area contributed by atoms with Crippen molar-refractivity contribution >= 4 is 34.8 Å². The average molecular weight is 409 g/mol. The zero-order valence-electron chi connectivity index (χ0n) is 16.2. The SMILES string of the molecule is CC(=O)N(c1ccccc1Cl)C1CC(C)N(C(=O)c2ccco2)c2ccccc21. The zero-order chi connectivity index (χ0) is 20.5. The summed E-state index contributed by atoms with van der Waals surface area (Å²) >= 11 is 6.42. The summed E-state index contributed by atoms with van der Waals surface area (Å²) in [5.41, 5.74) is 2.34. The van der Waals surface area contributed by atoms with E-state index in [0.29, 0.717) is 22.9 Å². The predicted molar refractivity (Wildman–Crippen MR) is 113 cm³/mol. The van der Waals surface area contributed by atoms with Crippen LogP contribution in [0.1, 0.15) is 42.4 Å². The van der Waals surface area contributed by atoms with Gasteiger partial charge in [0, 0.05) is 18.7 Å². The first-order valence-electron chi connectivity index (χ1n) is 9.49. The van der Waals surface area contributed by atoms with Gasteiger partial charge in [0.1, 0.15) is 0 Å². The van der Waals surface area contributed by atoms with Gasteiger partial charge in [-0.2, -0.15) is 0 Å². The summed E-state index contributed by atoms with van der Waals surface area (Å²) in [6, 6.07) is 18.0. The molecular formula is C23H21ClN2O3. The Labute approximate surface area is 174 Å². The topological polar surface area (TPSA) is 53.8 Å². The highest BCUT2D eigenvalue weighted by Gasteiger charge is 2.39. The molecule has 6 heteroatoms. The summed E-state index contributed by atoms with van der Waals surface area (Å²) in [5, 5.41) is 0.516. The van der Waals surface area contributed by atoms with Gasteiger partial charge < -0.3 is 14.2 Å². The van der Waals surface area contributed by atoms with Crippen LogP contribution < -0.4 is 9.80 Å². The van der Waals surface area contributed by atoms with Crippen molar-refractivity contribution in [1.82, 2.24) is 0 Å². The molecule has 0 fully saturated rings. The van der Waals surface area contributed by atoms with E-state index in [1.807, 2.05) is 49.4 Å². The Morgan fingerprint density at radius 2 is 1.79 bits per heavy atom. The van der Waals surface area contributed by atoms with E-state index in [1.165, 1.54) is 13.2 Å². The van der Waals surface area contributed by atoms with Crippen LogP contribution in [0.4, 0.5) is 11.4 Å². The molecule has 2 amide bonds. The van der Waals surface area contributed by atoms with Crippen molar-refractivity contribution in [2.75, 3.05) is 9.80 Å². The van der Waals surface area contributed by atoms with E-state index in [-0.39, 0.29) is 23.9 Å². The van der Waals surface area contributed by atoms with Gasteiger partial charge in [-0.05, 0) is 49.2 Å². The van der Waals surface area contributed by atoms with Crippen LogP contribution in [-0.4, -0.2) is 17.9 Å². The second kappa shape index (κ2) is 7.76. The second-order valence-corrected chi connectivity index (χ2v) is 7.56. The molecule has 0 N–H and O–H groups in total. The smallest absolute Gasteiger partial charge is 0.294 e. The van der Waals surface area contributed by atoms with E-state index in [0.717, 1.165) is 11.3 Å². The first kappa shape index (κ1) is 19.3. The van der Waals surface area contributed by atoms with Crippen molar-refractivity contribution in [2.45, 2.75) is 32.4 Å². The van der Waals surface area contributed by atoms with E-state index in [4.69, 9.17) is 16.0 Å². The van der Waals surface area contributed by atoms with Crippen molar-refractivity contribution in [2.24, 2.45) is 0 Å². The van der Waals surface area contributed by atoms with Gasteiger partial charge in [-0.1, -0.05) is 41.9 Å². The average Bonchev–Trinajstić information content (AvgIpc) is 3.24. The Hall–Kier alpha value is -3.05. The molecule has 1 aliphatic heterocycles. The minimum absolute atomic E-state index is 0.101. The minimum Gasteiger partial charge on any atom is -0.459 e. The number of para-hydroxylation sites is 2. The maximum atomic E-state index is 13.1. The number of carbonyl (C=O) groups excluding carboxylic acids is 2. The lowest BCUT2D eigenvalue weighted by atomic mass is 9.89. The van der Waals surface area contributed by atoms with Crippen LogP contribution in [0.5, 0.6) is 0 Å². The summed E-state index contributed by atoms with van der Waals surface area (Å²) in [4.78, 5) is 29.3. The molecule has 148 valence electrons. The van der Waals surface area contributed by atoms with Crippen molar-refractivity contribution in [3.05, 3.63) is 83.3 Å². The Kier molecular flexibility index (Phi) is 5.16. The highest BCUT2D eigenvalue weighted by molar-refractivity contribution is 6.33. The molecule has 0 saturated carbocycles. The van der Waals surface area contributed by atoms with Crippen molar-refractivity contribution in [1.29, 1.82) is 0 Å². The summed E-state index contributed by atoms with van der Waals surface area (Å²) in [5.74, 6) is -0.00364. The maximum absolute atomic E-state index is 13.1. The molecular weight excluding hydrogens is 388 g/mol. The quantitative estimate of drug-likeness (QED) is 0.577. The summed E-state index contributed by atoms with van der Waals surface area (Å²) < 4.78 is 5.34. The van der Waals surface area contributed by atoms with Crippen molar-refractivity contribution in [3.63, 3.8) is 0 Å². The van der Waals surface area contributed by atoms with Crippen LogP contribution in [0.2, 0.25) is 5.02 Å². The number of carbonyl (C=O) groups is 2. The standard InChI is InChI=1S/C23H21ClN2O3/c1-15-14-21(26(16(2)27)20-11-6-4-9-18(20)24)17-8-3-5-10-19(17)25(15)23(28)22-12-7-13-29-22/h3-13,15,21H,14H2,1-2H3. The molecule has 4 rings (SSSR count). The van der Waals surface area contributed by atoms with Gasteiger partial charge in [-0.25, -0.2) is 0 Å². The minimum atomic E-state index is -0.237. The lowest BCUT2D eigenvalue weighted by Crippen LogP contribution is -2.47. The molecule has 0 bridgehead atoms. The number of anilines is 2. The molecule has 2 aromatic carbocycles. The Bertz CT molecular complexity index is 1050. The van der Waals surface area contributed by atoms with Gasteiger partial charge in [-0.3, -0.25) is 9.59 Å². The first-order chi connectivity index (χ1) is 14.0. The van der Waals surface area contributed by atoms with Crippen LogP contribution in [0.25, 0.3) is 0 Å². The number of fused-ring (bicyclic) bond motifs is 1. The van der Waals surface area contributed by atoms with Crippen LogP contribution in [0.15, 0.2) is 71.3 Å².